The Morgan fingerprint density at radius 1 is 1.23 bits per heavy atom. The maximum Gasteiger partial charge on any atom is 0.176 e. The van der Waals surface area contributed by atoms with Crippen LogP contribution in [0.1, 0.15) is 0 Å². The summed E-state index contributed by atoms with van der Waals surface area (Å²) in [6, 6.07) is 6.80. The van der Waals surface area contributed by atoms with Crippen LogP contribution in [0.4, 0.5) is 17.2 Å². The predicted molar refractivity (Wildman–Crippen MR) is 93.0 cm³/mol. The summed E-state index contributed by atoms with van der Waals surface area (Å²) >= 11 is 11.4. The van der Waals surface area contributed by atoms with Crippen molar-refractivity contribution in [2.45, 2.75) is 0 Å². The number of nitrogen functional groups attached to an aromatic ring is 1. The minimum atomic E-state index is 0.310. The van der Waals surface area contributed by atoms with Gasteiger partial charge < -0.3 is 25.8 Å². The Morgan fingerprint density at radius 2 is 1.95 bits per heavy atom. The van der Waals surface area contributed by atoms with Crippen molar-refractivity contribution in [2.24, 2.45) is 0 Å². The molecule has 0 aliphatic rings. The molecule has 1 heterocycles. The van der Waals surface area contributed by atoms with E-state index >= 15 is 0 Å². The van der Waals surface area contributed by atoms with Gasteiger partial charge >= 0.3 is 0 Å². The number of hydrogen-bond donors (Lipinski definition) is 3. The van der Waals surface area contributed by atoms with Crippen molar-refractivity contribution in [2.75, 3.05) is 30.6 Å². The van der Waals surface area contributed by atoms with Gasteiger partial charge in [0.1, 0.15) is 11.5 Å². The second-order valence-corrected chi connectivity index (χ2v) is 5.02. The number of pyridine rings is 1. The molecule has 0 spiro atoms. The summed E-state index contributed by atoms with van der Waals surface area (Å²) in [7, 11) is 3.07. The molecule has 6 nitrogen and oxygen atoms in total. The van der Waals surface area contributed by atoms with E-state index in [-0.39, 0.29) is 0 Å². The van der Waals surface area contributed by atoms with Crippen LogP contribution >= 0.6 is 23.8 Å². The van der Waals surface area contributed by atoms with Gasteiger partial charge in [0.2, 0.25) is 0 Å². The molecule has 116 valence electrons. The lowest BCUT2D eigenvalue weighted by Gasteiger charge is -2.15. The summed E-state index contributed by atoms with van der Waals surface area (Å²) in [6.07, 6.45) is 1.62. The molecule has 1 aromatic heterocycles. The van der Waals surface area contributed by atoms with Crippen LogP contribution in [0.3, 0.4) is 0 Å². The molecule has 2 rings (SSSR count). The van der Waals surface area contributed by atoms with Gasteiger partial charge in [-0.15, -0.1) is 0 Å². The Kier molecular flexibility index (Phi) is 5.24. The van der Waals surface area contributed by atoms with Crippen LogP contribution in [0, 0.1) is 0 Å². The number of benzene rings is 1. The number of anilines is 3. The van der Waals surface area contributed by atoms with Crippen LogP contribution < -0.4 is 25.8 Å². The molecule has 0 bridgehead atoms. The molecule has 0 unspecified atom stereocenters. The van der Waals surface area contributed by atoms with E-state index in [0.717, 1.165) is 0 Å². The van der Waals surface area contributed by atoms with E-state index in [2.05, 4.69) is 15.6 Å². The van der Waals surface area contributed by atoms with Gasteiger partial charge in [0.25, 0.3) is 0 Å². The fourth-order valence-corrected chi connectivity index (χ4v) is 2.19. The fraction of sp³-hybridized carbons (Fsp3) is 0.143. The van der Waals surface area contributed by atoms with Crippen LogP contribution in [0.5, 0.6) is 11.5 Å². The molecule has 0 aliphatic carbocycles. The van der Waals surface area contributed by atoms with Gasteiger partial charge in [-0.05, 0) is 30.4 Å². The number of hydrogen-bond acceptors (Lipinski definition) is 5. The summed E-state index contributed by atoms with van der Waals surface area (Å²) in [4.78, 5) is 4.11. The van der Waals surface area contributed by atoms with E-state index in [0.29, 0.717) is 38.8 Å². The number of aromatic nitrogens is 1. The molecule has 0 radical (unpaired) electrons. The molecule has 2 aromatic rings. The van der Waals surface area contributed by atoms with Gasteiger partial charge in [0.05, 0.1) is 30.6 Å². The Labute approximate surface area is 138 Å². The molecule has 4 N–H and O–H groups in total. The van der Waals surface area contributed by atoms with Gasteiger partial charge in [0.15, 0.2) is 10.9 Å². The number of nitrogens with one attached hydrogen (secondary N) is 2. The molecule has 8 heteroatoms. The van der Waals surface area contributed by atoms with Crippen molar-refractivity contribution in [1.29, 1.82) is 0 Å². The maximum atomic E-state index is 6.11. The average molecular weight is 339 g/mol. The lowest BCUT2D eigenvalue weighted by Crippen LogP contribution is -2.21. The third kappa shape index (κ3) is 3.69. The second kappa shape index (κ2) is 7.15. The van der Waals surface area contributed by atoms with Crippen molar-refractivity contribution >= 4 is 46.1 Å². The molecular weight excluding hydrogens is 324 g/mol. The first-order valence-corrected chi connectivity index (χ1v) is 7.03. The van der Waals surface area contributed by atoms with Gasteiger partial charge in [0, 0.05) is 12.3 Å². The molecule has 0 atom stereocenters. The van der Waals surface area contributed by atoms with Crippen LogP contribution in [0.2, 0.25) is 5.02 Å². The van der Waals surface area contributed by atoms with Crippen LogP contribution in [0.25, 0.3) is 0 Å². The molecule has 0 fully saturated rings. The quantitative estimate of drug-likeness (QED) is 0.739. The Bertz CT molecular complexity index is 697. The second-order valence-electron chi connectivity index (χ2n) is 4.21. The Morgan fingerprint density at radius 3 is 2.59 bits per heavy atom. The number of thiocarbonyl (C=S) groups is 1. The van der Waals surface area contributed by atoms with Crippen molar-refractivity contribution in [1.82, 2.24) is 4.98 Å². The van der Waals surface area contributed by atoms with E-state index in [1.54, 1.807) is 37.6 Å². The summed E-state index contributed by atoms with van der Waals surface area (Å²) < 4.78 is 10.4. The Hall–Kier alpha value is -2.25. The molecule has 1 aromatic carbocycles. The topological polar surface area (TPSA) is 81.4 Å². The maximum absolute atomic E-state index is 6.11. The van der Waals surface area contributed by atoms with Crippen molar-refractivity contribution in [3.8, 4) is 11.5 Å². The van der Waals surface area contributed by atoms with Crippen molar-refractivity contribution in [3.63, 3.8) is 0 Å². The monoisotopic (exact) mass is 338 g/mol. The first kappa shape index (κ1) is 16.1. The zero-order chi connectivity index (χ0) is 16.1. The number of nitrogens with zero attached hydrogens (tertiary/aromatic N) is 1. The predicted octanol–water partition coefficient (Wildman–Crippen LogP) is 3.14. The van der Waals surface area contributed by atoms with Crippen LogP contribution in [-0.4, -0.2) is 24.3 Å². The van der Waals surface area contributed by atoms with Crippen LogP contribution in [-0.2, 0) is 0 Å². The van der Waals surface area contributed by atoms with Gasteiger partial charge in [-0.1, -0.05) is 11.6 Å². The standard InChI is InChI=1S/C14H15ClN4O2S/c1-20-11-7-12(21-2)10(6-8(11)15)18-14(22)19-13-9(16)4-3-5-17-13/h3-7H,16H2,1-2H3,(H2,17,18,19,22). The van der Waals surface area contributed by atoms with E-state index in [1.165, 1.54) is 7.11 Å². The van der Waals surface area contributed by atoms with E-state index in [9.17, 15) is 0 Å². The zero-order valence-corrected chi connectivity index (χ0v) is 13.6. The van der Waals surface area contributed by atoms with Gasteiger partial charge in [-0.2, -0.15) is 0 Å². The van der Waals surface area contributed by atoms with Crippen LogP contribution in [0.15, 0.2) is 30.5 Å². The highest BCUT2D eigenvalue weighted by molar-refractivity contribution is 7.80. The molecule has 0 aliphatic heterocycles. The number of rotatable bonds is 4. The van der Waals surface area contributed by atoms with E-state index < -0.39 is 0 Å². The lowest BCUT2D eigenvalue weighted by atomic mass is 10.2. The summed E-state index contributed by atoms with van der Waals surface area (Å²) in [5, 5.41) is 6.65. The average Bonchev–Trinajstić information content (AvgIpc) is 2.50. The normalized spacial score (nSPS) is 9.95. The number of methoxy groups -OCH3 is 2. The van der Waals surface area contributed by atoms with Gasteiger partial charge in [-0.25, -0.2) is 4.98 Å². The number of halogens is 1. The number of ether oxygens (including phenoxy) is 2. The molecular formula is C14H15ClN4O2S. The third-order valence-corrected chi connectivity index (χ3v) is 3.29. The fourth-order valence-electron chi connectivity index (χ4n) is 1.74. The highest BCUT2D eigenvalue weighted by Gasteiger charge is 2.11. The van der Waals surface area contributed by atoms with E-state index in [4.69, 9.17) is 39.0 Å². The minimum absolute atomic E-state index is 0.310. The molecule has 22 heavy (non-hydrogen) atoms. The first-order chi connectivity index (χ1) is 10.5. The molecule has 0 saturated heterocycles. The zero-order valence-electron chi connectivity index (χ0n) is 12.0. The minimum Gasteiger partial charge on any atom is -0.495 e. The first-order valence-electron chi connectivity index (χ1n) is 6.25. The number of nitrogens with two attached hydrogens (primary N) is 1. The summed E-state index contributed by atoms with van der Waals surface area (Å²) in [5.74, 6) is 1.52. The summed E-state index contributed by atoms with van der Waals surface area (Å²) in [5.41, 5.74) is 6.90. The smallest absolute Gasteiger partial charge is 0.176 e. The van der Waals surface area contributed by atoms with Crippen molar-refractivity contribution < 1.29 is 9.47 Å². The van der Waals surface area contributed by atoms with Crippen molar-refractivity contribution in [3.05, 3.63) is 35.5 Å². The molecule has 0 amide bonds. The highest BCUT2D eigenvalue weighted by atomic mass is 35.5. The third-order valence-electron chi connectivity index (χ3n) is 2.79. The van der Waals surface area contributed by atoms with E-state index in [1.807, 2.05) is 0 Å². The molecule has 0 saturated carbocycles. The largest absolute Gasteiger partial charge is 0.495 e. The Balaban J connectivity index is 2.18. The SMILES string of the molecule is COc1cc(OC)c(NC(=S)Nc2ncccc2N)cc1Cl. The van der Waals surface area contributed by atoms with Gasteiger partial charge in [-0.3, -0.25) is 0 Å². The highest BCUT2D eigenvalue weighted by Crippen LogP contribution is 2.35. The summed E-state index contributed by atoms with van der Waals surface area (Å²) in [6.45, 7) is 0. The lowest BCUT2D eigenvalue weighted by molar-refractivity contribution is 0.396.